The van der Waals surface area contributed by atoms with Gasteiger partial charge in [-0.25, -0.2) is 0 Å². The van der Waals surface area contributed by atoms with Crippen molar-refractivity contribution >= 4 is 5.91 Å². The summed E-state index contributed by atoms with van der Waals surface area (Å²) in [5.74, 6) is -0.0289. The number of aromatic nitrogens is 2. The van der Waals surface area contributed by atoms with Crippen LogP contribution in [0.25, 0.3) is 0 Å². The lowest BCUT2D eigenvalue weighted by atomic mass is 10.0. The summed E-state index contributed by atoms with van der Waals surface area (Å²) < 4.78 is 1.57. The first-order chi connectivity index (χ1) is 7.74. The van der Waals surface area contributed by atoms with Crippen molar-refractivity contribution in [1.82, 2.24) is 14.7 Å². The zero-order valence-electron chi connectivity index (χ0n) is 9.46. The van der Waals surface area contributed by atoms with Gasteiger partial charge in [0, 0.05) is 19.8 Å². The first-order valence-corrected chi connectivity index (χ1v) is 5.64. The van der Waals surface area contributed by atoms with E-state index in [9.17, 15) is 9.90 Å². The van der Waals surface area contributed by atoms with Crippen molar-refractivity contribution in [3.63, 3.8) is 0 Å². The van der Waals surface area contributed by atoms with Crippen molar-refractivity contribution in [2.24, 2.45) is 7.05 Å². The van der Waals surface area contributed by atoms with Crippen LogP contribution in [0, 0.1) is 0 Å². The largest absolute Gasteiger partial charge is 0.394 e. The van der Waals surface area contributed by atoms with E-state index in [-0.39, 0.29) is 18.6 Å². The van der Waals surface area contributed by atoms with E-state index in [1.807, 2.05) is 0 Å². The average molecular weight is 223 g/mol. The molecule has 88 valence electrons. The lowest BCUT2D eigenvalue weighted by Crippen LogP contribution is -2.46. The Morgan fingerprint density at radius 3 is 3.06 bits per heavy atom. The monoisotopic (exact) mass is 223 g/mol. The Balaban J connectivity index is 2.17. The molecule has 1 aromatic rings. The Morgan fingerprint density at radius 2 is 2.44 bits per heavy atom. The number of aliphatic hydroxyl groups excluding tert-OH is 1. The Bertz CT molecular complexity index is 375. The van der Waals surface area contributed by atoms with Crippen molar-refractivity contribution in [2.45, 2.75) is 25.3 Å². The van der Waals surface area contributed by atoms with E-state index in [1.54, 1.807) is 28.9 Å². The van der Waals surface area contributed by atoms with E-state index in [0.29, 0.717) is 5.69 Å². The van der Waals surface area contributed by atoms with Gasteiger partial charge in [-0.15, -0.1) is 0 Å². The predicted octanol–water partition coefficient (Wildman–Crippen LogP) is 0.407. The van der Waals surface area contributed by atoms with Gasteiger partial charge in [-0.05, 0) is 25.3 Å². The molecule has 2 rings (SSSR count). The van der Waals surface area contributed by atoms with Gasteiger partial charge in [0.2, 0.25) is 0 Å². The van der Waals surface area contributed by atoms with Crippen LogP contribution >= 0.6 is 0 Å². The normalized spacial score (nSPS) is 21.1. The molecule has 0 radical (unpaired) electrons. The molecule has 0 aliphatic carbocycles. The maximum Gasteiger partial charge on any atom is 0.272 e. The second kappa shape index (κ2) is 4.65. The van der Waals surface area contributed by atoms with E-state index in [0.717, 1.165) is 25.8 Å². The molecule has 2 heterocycles. The van der Waals surface area contributed by atoms with Crippen LogP contribution < -0.4 is 0 Å². The minimum atomic E-state index is -0.0313. The van der Waals surface area contributed by atoms with Gasteiger partial charge in [0.25, 0.3) is 5.91 Å². The summed E-state index contributed by atoms with van der Waals surface area (Å²) in [5, 5.41) is 13.3. The number of amides is 1. The van der Waals surface area contributed by atoms with Gasteiger partial charge in [0.15, 0.2) is 0 Å². The summed E-state index contributed by atoms with van der Waals surface area (Å²) in [6.07, 6.45) is 4.60. The van der Waals surface area contributed by atoms with Crippen LogP contribution in [-0.2, 0) is 7.05 Å². The Morgan fingerprint density at radius 1 is 1.62 bits per heavy atom. The van der Waals surface area contributed by atoms with Gasteiger partial charge in [-0.3, -0.25) is 9.48 Å². The van der Waals surface area contributed by atoms with Gasteiger partial charge < -0.3 is 10.0 Å². The summed E-state index contributed by atoms with van der Waals surface area (Å²) in [5.41, 5.74) is 0.584. The first-order valence-electron chi connectivity index (χ1n) is 5.64. The van der Waals surface area contributed by atoms with E-state index < -0.39 is 0 Å². The highest BCUT2D eigenvalue weighted by molar-refractivity contribution is 5.92. The van der Waals surface area contributed by atoms with Crippen LogP contribution in [0.1, 0.15) is 29.8 Å². The fraction of sp³-hybridized carbons (Fsp3) is 0.636. The summed E-state index contributed by atoms with van der Waals surface area (Å²) in [4.78, 5) is 14.0. The number of hydrogen-bond acceptors (Lipinski definition) is 3. The smallest absolute Gasteiger partial charge is 0.272 e. The van der Waals surface area contributed by atoms with Crippen LogP contribution in [0.2, 0.25) is 0 Å². The molecule has 1 unspecified atom stereocenters. The fourth-order valence-electron chi connectivity index (χ4n) is 2.19. The molecule has 0 saturated carbocycles. The quantitative estimate of drug-likeness (QED) is 0.790. The molecule has 1 atom stereocenters. The van der Waals surface area contributed by atoms with Crippen molar-refractivity contribution in [3.8, 4) is 0 Å². The maximum atomic E-state index is 12.2. The first kappa shape index (κ1) is 11.1. The molecule has 0 spiro atoms. The van der Waals surface area contributed by atoms with Gasteiger partial charge >= 0.3 is 0 Å². The number of likely N-dealkylation sites (tertiary alicyclic amines) is 1. The lowest BCUT2D eigenvalue weighted by molar-refractivity contribution is 0.0492. The van der Waals surface area contributed by atoms with Crippen molar-refractivity contribution in [2.75, 3.05) is 13.2 Å². The predicted molar refractivity (Wildman–Crippen MR) is 59.0 cm³/mol. The van der Waals surface area contributed by atoms with Crippen molar-refractivity contribution in [3.05, 3.63) is 18.0 Å². The molecule has 1 aromatic heterocycles. The number of aliphatic hydroxyl groups is 1. The second-order valence-corrected chi connectivity index (χ2v) is 4.17. The minimum absolute atomic E-state index is 0.0289. The number of hydrogen-bond donors (Lipinski definition) is 1. The van der Waals surface area contributed by atoms with Crippen LogP contribution in [-0.4, -0.2) is 44.9 Å². The summed E-state index contributed by atoms with van der Waals surface area (Å²) in [6, 6.07) is 1.68. The zero-order chi connectivity index (χ0) is 11.5. The van der Waals surface area contributed by atoms with Gasteiger partial charge in [0.05, 0.1) is 12.6 Å². The van der Waals surface area contributed by atoms with E-state index >= 15 is 0 Å². The number of carbonyl (C=O) groups excluding carboxylic acids is 1. The van der Waals surface area contributed by atoms with Crippen LogP contribution in [0.15, 0.2) is 12.3 Å². The van der Waals surface area contributed by atoms with Crippen LogP contribution in [0.5, 0.6) is 0 Å². The molecule has 0 aromatic carbocycles. The molecular formula is C11H17N3O2. The third kappa shape index (κ3) is 1.95. The van der Waals surface area contributed by atoms with E-state index in [2.05, 4.69) is 5.10 Å². The van der Waals surface area contributed by atoms with E-state index in [1.165, 1.54) is 0 Å². The Hall–Kier alpha value is -1.36. The second-order valence-electron chi connectivity index (χ2n) is 4.17. The zero-order valence-corrected chi connectivity index (χ0v) is 9.46. The van der Waals surface area contributed by atoms with Crippen LogP contribution in [0.3, 0.4) is 0 Å². The number of carbonyl (C=O) groups is 1. The van der Waals surface area contributed by atoms with Gasteiger partial charge in [-0.2, -0.15) is 5.10 Å². The molecule has 1 aliphatic heterocycles. The number of nitrogens with zero attached hydrogens (tertiary/aromatic N) is 3. The highest BCUT2D eigenvalue weighted by atomic mass is 16.3. The molecule has 1 saturated heterocycles. The highest BCUT2D eigenvalue weighted by Crippen LogP contribution is 2.18. The molecule has 1 N–H and O–H groups in total. The van der Waals surface area contributed by atoms with Crippen molar-refractivity contribution in [1.29, 1.82) is 0 Å². The fourth-order valence-corrected chi connectivity index (χ4v) is 2.19. The lowest BCUT2D eigenvalue weighted by Gasteiger charge is -2.34. The summed E-state index contributed by atoms with van der Waals surface area (Å²) >= 11 is 0. The minimum Gasteiger partial charge on any atom is -0.394 e. The van der Waals surface area contributed by atoms with Crippen LogP contribution in [0.4, 0.5) is 0 Å². The third-order valence-electron chi connectivity index (χ3n) is 3.14. The third-order valence-corrected chi connectivity index (χ3v) is 3.14. The molecular weight excluding hydrogens is 206 g/mol. The molecule has 0 bridgehead atoms. The highest BCUT2D eigenvalue weighted by Gasteiger charge is 2.28. The molecule has 5 heteroatoms. The number of aryl methyl sites for hydroxylation is 1. The number of rotatable bonds is 2. The molecule has 5 nitrogen and oxygen atoms in total. The summed E-state index contributed by atoms with van der Waals surface area (Å²) in [7, 11) is 1.76. The maximum absolute atomic E-state index is 12.2. The average Bonchev–Trinajstić information content (AvgIpc) is 2.74. The number of piperidine rings is 1. The Kier molecular flexibility index (Phi) is 3.24. The molecule has 16 heavy (non-hydrogen) atoms. The van der Waals surface area contributed by atoms with Crippen molar-refractivity contribution < 1.29 is 9.90 Å². The SMILES string of the molecule is Cn1nccc1C(=O)N1CCCCC1CO. The molecule has 1 amide bonds. The molecule has 1 aliphatic rings. The topological polar surface area (TPSA) is 58.4 Å². The van der Waals surface area contributed by atoms with Gasteiger partial charge in [-0.1, -0.05) is 0 Å². The standard InChI is InChI=1S/C11H17N3O2/c1-13-10(5-6-12-13)11(16)14-7-3-2-4-9(14)8-15/h5-6,9,15H,2-4,7-8H2,1H3. The Labute approximate surface area is 94.7 Å². The molecule has 1 fully saturated rings. The van der Waals surface area contributed by atoms with E-state index in [4.69, 9.17) is 0 Å². The van der Waals surface area contributed by atoms with Gasteiger partial charge in [0.1, 0.15) is 5.69 Å². The summed E-state index contributed by atoms with van der Waals surface area (Å²) in [6.45, 7) is 0.777.